The van der Waals surface area contributed by atoms with Gasteiger partial charge in [-0.15, -0.1) is 0 Å². The summed E-state index contributed by atoms with van der Waals surface area (Å²) < 4.78 is 90.2. The molecule has 3 aromatic carbocycles. The molecule has 0 saturated heterocycles. The minimum Gasteiger partial charge on any atom is -0.478 e. The second kappa shape index (κ2) is 8.40. The second-order valence-electron chi connectivity index (χ2n) is 7.15. The van der Waals surface area contributed by atoms with Gasteiger partial charge in [0.25, 0.3) is 0 Å². The van der Waals surface area contributed by atoms with Gasteiger partial charge in [-0.3, -0.25) is 0 Å². The maximum absolute atomic E-state index is 13.3. The molecule has 0 aliphatic rings. The van der Waals surface area contributed by atoms with E-state index in [1.807, 2.05) is 0 Å². The molecule has 0 bridgehead atoms. The highest BCUT2D eigenvalue weighted by Crippen LogP contribution is 2.40. The number of alkyl halides is 6. The Morgan fingerprint density at radius 1 is 0.882 bits per heavy atom. The molecule has 5 nitrogen and oxygen atoms in total. The minimum absolute atomic E-state index is 0.258. The van der Waals surface area contributed by atoms with E-state index in [2.05, 4.69) is 4.98 Å². The van der Waals surface area contributed by atoms with Crippen LogP contribution >= 0.6 is 0 Å². The number of hydrogen-bond acceptors (Lipinski definition) is 4. The van der Waals surface area contributed by atoms with Crippen LogP contribution in [0, 0.1) is 0 Å². The van der Waals surface area contributed by atoms with Crippen molar-refractivity contribution >= 4 is 17.1 Å². The van der Waals surface area contributed by atoms with Crippen molar-refractivity contribution in [2.24, 2.45) is 0 Å². The number of oxazole rings is 1. The Labute approximate surface area is 187 Å². The summed E-state index contributed by atoms with van der Waals surface area (Å²) in [6.45, 7) is 0. The van der Waals surface area contributed by atoms with Crippen molar-refractivity contribution in [1.82, 2.24) is 4.98 Å². The Balaban J connectivity index is 1.82. The van der Waals surface area contributed by atoms with E-state index in [0.29, 0.717) is 23.7 Å². The highest BCUT2D eigenvalue weighted by atomic mass is 19.4. The average Bonchev–Trinajstić information content (AvgIpc) is 3.20. The van der Waals surface area contributed by atoms with Crippen LogP contribution in [-0.2, 0) is 17.1 Å². The highest BCUT2D eigenvalue weighted by molar-refractivity contribution is 5.79. The van der Waals surface area contributed by atoms with Crippen LogP contribution < -0.4 is 4.74 Å². The van der Waals surface area contributed by atoms with Crippen molar-refractivity contribution in [2.75, 3.05) is 0 Å². The first-order valence-electron chi connectivity index (χ1n) is 9.57. The third-order valence-corrected chi connectivity index (χ3v) is 4.82. The van der Waals surface area contributed by atoms with Crippen molar-refractivity contribution in [3.8, 4) is 17.2 Å². The van der Waals surface area contributed by atoms with E-state index in [1.165, 1.54) is 6.07 Å². The zero-order valence-corrected chi connectivity index (χ0v) is 16.8. The Morgan fingerprint density at radius 2 is 1.56 bits per heavy atom. The molecule has 1 unspecified atom stereocenters. The minimum atomic E-state index is -4.74. The molecule has 0 fully saturated rings. The van der Waals surface area contributed by atoms with Gasteiger partial charge in [0, 0.05) is 5.56 Å². The summed E-state index contributed by atoms with van der Waals surface area (Å²) in [6, 6.07) is 12.0. The molecule has 0 saturated carbocycles. The van der Waals surface area contributed by atoms with Gasteiger partial charge in [-0.1, -0.05) is 24.3 Å². The summed E-state index contributed by atoms with van der Waals surface area (Å²) in [5, 5.41) is 9.62. The number of fused-ring (bicyclic) bond motifs is 1. The van der Waals surface area contributed by atoms with E-state index in [1.54, 1.807) is 18.2 Å². The van der Waals surface area contributed by atoms with Gasteiger partial charge in [0.1, 0.15) is 11.3 Å². The quantitative estimate of drug-likeness (QED) is 0.320. The molecule has 4 rings (SSSR count). The first-order chi connectivity index (χ1) is 15.9. The number of aliphatic carboxylic acids is 1. The summed E-state index contributed by atoms with van der Waals surface area (Å²) in [5.74, 6) is -2.30. The molecule has 11 heteroatoms. The van der Waals surface area contributed by atoms with Crippen molar-refractivity contribution < 1.29 is 45.4 Å². The van der Waals surface area contributed by atoms with Gasteiger partial charge in [-0.05, 0) is 42.5 Å². The molecule has 1 heterocycles. The number of carboxylic acid groups (broad SMARTS) is 1. The van der Waals surface area contributed by atoms with Crippen LogP contribution in [0.4, 0.5) is 26.3 Å². The molecular weight excluding hydrogens is 468 g/mol. The van der Waals surface area contributed by atoms with E-state index in [4.69, 9.17) is 9.15 Å². The number of ether oxygens (including phenoxy) is 1. The summed E-state index contributed by atoms with van der Waals surface area (Å²) in [5.41, 5.74) is -2.27. The molecule has 1 N–H and O–H groups in total. The van der Waals surface area contributed by atoms with E-state index in [-0.39, 0.29) is 28.4 Å². The number of nitrogens with zero attached hydrogens (tertiary/aromatic N) is 1. The highest BCUT2D eigenvalue weighted by Gasteiger charge is 2.34. The third kappa shape index (κ3) is 4.68. The van der Waals surface area contributed by atoms with Gasteiger partial charge in [0.15, 0.2) is 5.58 Å². The molecular formula is C23H13F6NO4. The molecule has 0 amide bonds. The summed E-state index contributed by atoms with van der Waals surface area (Å²) in [7, 11) is 0. The molecule has 4 aromatic rings. The van der Waals surface area contributed by atoms with E-state index < -0.39 is 35.6 Å². The van der Waals surface area contributed by atoms with Gasteiger partial charge < -0.3 is 14.3 Å². The molecule has 0 radical (unpaired) electrons. The number of para-hydroxylation sites is 2. The van der Waals surface area contributed by atoms with Gasteiger partial charge in [-0.2, -0.15) is 26.3 Å². The van der Waals surface area contributed by atoms with Gasteiger partial charge >= 0.3 is 18.3 Å². The van der Waals surface area contributed by atoms with Crippen LogP contribution in [0.15, 0.2) is 71.1 Å². The SMILES string of the molecule is O=C(O)C(Oc1ccc(C(F)(F)F)cc1-c1nc2ccccc2o1)c1cccc(C(F)(F)F)c1. The Hall–Kier alpha value is -4.02. The lowest BCUT2D eigenvalue weighted by atomic mass is 10.0. The number of benzene rings is 3. The van der Waals surface area contributed by atoms with Crippen LogP contribution in [0.2, 0.25) is 0 Å². The van der Waals surface area contributed by atoms with Crippen molar-refractivity contribution in [3.63, 3.8) is 0 Å². The molecule has 34 heavy (non-hydrogen) atoms. The summed E-state index contributed by atoms with van der Waals surface area (Å²) >= 11 is 0. The van der Waals surface area contributed by atoms with Crippen LogP contribution in [0.25, 0.3) is 22.6 Å². The smallest absolute Gasteiger partial charge is 0.416 e. The monoisotopic (exact) mass is 481 g/mol. The Bertz CT molecular complexity index is 1330. The second-order valence-corrected chi connectivity index (χ2v) is 7.15. The fourth-order valence-corrected chi connectivity index (χ4v) is 3.23. The largest absolute Gasteiger partial charge is 0.478 e. The fourth-order valence-electron chi connectivity index (χ4n) is 3.23. The average molecular weight is 481 g/mol. The van der Waals surface area contributed by atoms with Crippen molar-refractivity contribution in [2.45, 2.75) is 18.5 Å². The number of hydrogen-bond donors (Lipinski definition) is 1. The number of carbonyl (C=O) groups is 1. The Morgan fingerprint density at radius 3 is 2.21 bits per heavy atom. The fraction of sp³-hybridized carbons (Fsp3) is 0.130. The standard InChI is InChI=1S/C23H13F6NO4/c24-22(25,26)13-5-3-4-12(10-13)19(21(31)32)33-17-9-8-14(23(27,28)29)11-15(17)20-30-16-6-1-2-7-18(16)34-20/h1-11,19H,(H,31,32). The molecule has 1 aromatic heterocycles. The van der Waals surface area contributed by atoms with E-state index >= 15 is 0 Å². The van der Waals surface area contributed by atoms with Crippen LogP contribution in [0.1, 0.15) is 22.8 Å². The molecule has 0 aliphatic heterocycles. The molecule has 1 atom stereocenters. The predicted octanol–water partition coefficient (Wildman–Crippen LogP) is 6.74. The van der Waals surface area contributed by atoms with Gasteiger partial charge in [0.05, 0.1) is 16.7 Å². The summed E-state index contributed by atoms with van der Waals surface area (Å²) in [6.07, 6.45) is -11.4. The first-order valence-corrected chi connectivity index (χ1v) is 9.57. The third-order valence-electron chi connectivity index (χ3n) is 4.82. The van der Waals surface area contributed by atoms with Crippen LogP contribution in [0.3, 0.4) is 0 Å². The van der Waals surface area contributed by atoms with Crippen LogP contribution in [-0.4, -0.2) is 16.1 Å². The zero-order valence-electron chi connectivity index (χ0n) is 16.8. The topological polar surface area (TPSA) is 72.6 Å². The lowest BCUT2D eigenvalue weighted by Crippen LogP contribution is -2.19. The lowest BCUT2D eigenvalue weighted by molar-refractivity contribution is -0.146. The van der Waals surface area contributed by atoms with Crippen molar-refractivity contribution in [1.29, 1.82) is 0 Å². The summed E-state index contributed by atoms with van der Waals surface area (Å²) in [4.78, 5) is 16.0. The normalized spacial score (nSPS) is 13.1. The maximum Gasteiger partial charge on any atom is 0.416 e. The van der Waals surface area contributed by atoms with E-state index in [9.17, 15) is 36.2 Å². The molecule has 0 spiro atoms. The number of halogens is 6. The van der Waals surface area contributed by atoms with Crippen LogP contribution in [0.5, 0.6) is 5.75 Å². The molecule has 176 valence electrons. The van der Waals surface area contributed by atoms with Crippen molar-refractivity contribution in [3.05, 3.63) is 83.4 Å². The predicted molar refractivity (Wildman–Crippen MR) is 107 cm³/mol. The number of rotatable bonds is 5. The van der Waals surface area contributed by atoms with E-state index in [0.717, 1.165) is 24.3 Å². The number of carboxylic acids is 1. The Kier molecular flexibility index (Phi) is 5.72. The zero-order chi connectivity index (χ0) is 24.7. The maximum atomic E-state index is 13.3. The van der Waals surface area contributed by atoms with Gasteiger partial charge in [0.2, 0.25) is 12.0 Å². The number of aromatic nitrogens is 1. The van der Waals surface area contributed by atoms with Gasteiger partial charge in [-0.25, -0.2) is 9.78 Å². The first kappa shape index (κ1) is 23.1. The lowest BCUT2D eigenvalue weighted by Gasteiger charge is -2.19. The molecule has 0 aliphatic carbocycles.